The Balaban J connectivity index is 1.88. The molecule has 19 heavy (non-hydrogen) atoms. The first kappa shape index (κ1) is 13.0. The molecule has 0 aromatic carbocycles. The van der Waals surface area contributed by atoms with Gasteiger partial charge in [0, 0.05) is 24.1 Å². The molecule has 0 unspecified atom stereocenters. The number of thioether (sulfide) groups is 1. The number of fused-ring (bicyclic) bond motifs is 1. The highest BCUT2D eigenvalue weighted by Crippen LogP contribution is 2.42. The van der Waals surface area contributed by atoms with Crippen LogP contribution >= 0.6 is 23.4 Å². The molecule has 2 heterocycles. The monoisotopic (exact) mass is 298 g/mol. The third kappa shape index (κ3) is 2.51. The van der Waals surface area contributed by atoms with E-state index in [2.05, 4.69) is 15.3 Å². The molecular weight excluding hydrogens is 284 g/mol. The number of nitrogens with two attached hydrogens (primary N) is 1. The number of primary amides is 1. The van der Waals surface area contributed by atoms with Crippen molar-refractivity contribution in [2.75, 3.05) is 11.1 Å². The van der Waals surface area contributed by atoms with E-state index >= 15 is 0 Å². The number of halogens is 1. The number of aromatic nitrogens is 2. The van der Waals surface area contributed by atoms with E-state index in [9.17, 15) is 4.79 Å². The van der Waals surface area contributed by atoms with Gasteiger partial charge in [0.15, 0.2) is 0 Å². The first-order valence-corrected chi connectivity index (χ1v) is 7.70. The third-order valence-corrected chi connectivity index (χ3v) is 5.00. The quantitative estimate of drug-likeness (QED) is 0.831. The number of amides is 1. The number of carbonyl (C=O) groups excluding carboxylic acids is 1. The van der Waals surface area contributed by atoms with Crippen molar-refractivity contribution in [3.8, 4) is 0 Å². The molecule has 3 N–H and O–H groups in total. The van der Waals surface area contributed by atoms with Gasteiger partial charge in [0.25, 0.3) is 0 Å². The lowest BCUT2D eigenvalue weighted by Gasteiger charge is -2.42. The van der Waals surface area contributed by atoms with E-state index in [4.69, 9.17) is 17.3 Å². The van der Waals surface area contributed by atoms with Crippen LogP contribution < -0.4 is 11.1 Å². The molecule has 0 spiro atoms. The predicted molar refractivity (Wildman–Crippen MR) is 75.5 cm³/mol. The Hall–Kier alpha value is -1.01. The lowest BCUT2D eigenvalue weighted by atomic mass is 9.74. The van der Waals surface area contributed by atoms with Gasteiger partial charge in [-0.05, 0) is 30.9 Å². The second-order valence-electron chi connectivity index (χ2n) is 5.12. The number of nitrogens with zero attached hydrogens (tertiary/aromatic N) is 2. The summed E-state index contributed by atoms with van der Waals surface area (Å²) in [5, 5.41) is 3.67. The highest BCUT2D eigenvalue weighted by molar-refractivity contribution is 7.99. The van der Waals surface area contributed by atoms with E-state index in [0.29, 0.717) is 6.42 Å². The number of rotatable bonds is 4. The van der Waals surface area contributed by atoms with Crippen molar-refractivity contribution in [1.29, 1.82) is 0 Å². The van der Waals surface area contributed by atoms with E-state index in [0.717, 1.165) is 47.8 Å². The summed E-state index contributed by atoms with van der Waals surface area (Å²) in [6.07, 6.45) is 4.25. The molecule has 1 aromatic rings. The molecule has 3 rings (SSSR count). The molecule has 1 fully saturated rings. The molecule has 102 valence electrons. The van der Waals surface area contributed by atoms with Gasteiger partial charge < -0.3 is 11.1 Å². The average Bonchev–Trinajstić information content (AvgIpc) is 2.73. The fraction of sp³-hybridized carbons (Fsp3) is 0.583. The van der Waals surface area contributed by atoms with Crippen LogP contribution in [0.25, 0.3) is 0 Å². The van der Waals surface area contributed by atoms with Gasteiger partial charge in [-0.25, -0.2) is 4.98 Å². The van der Waals surface area contributed by atoms with Crippen molar-refractivity contribution in [1.82, 2.24) is 9.97 Å². The molecule has 5 nitrogen and oxygen atoms in total. The predicted octanol–water partition coefficient (Wildman–Crippen LogP) is 1.99. The number of aryl methyl sites for hydroxylation is 1. The SMILES string of the molecule is NC(=O)CC1(Nc2nc(Cl)nc3c2SCC3)CCC1. The van der Waals surface area contributed by atoms with Crippen molar-refractivity contribution in [3.05, 3.63) is 11.0 Å². The third-order valence-electron chi connectivity index (χ3n) is 3.70. The molecule has 1 aliphatic carbocycles. The zero-order chi connectivity index (χ0) is 13.5. The van der Waals surface area contributed by atoms with Crippen LogP contribution in [0.2, 0.25) is 5.28 Å². The Kier molecular flexibility index (Phi) is 3.30. The maximum Gasteiger partial charge on any atom is 0.224 e. The molecule has 0 atom stereocenters. The summed E-state index contributed by atoms with van der Waals surface area (Å²) in [7, 11) is 0. The van der Waals surface area contributed by atoms with Crippen molar-refractivity contribution in [3.63, 3.8) is 0 Å². The van der Waals surface area contributed by atoms with Gasteiger partial charge in [0.2, 0.25) is 11.2 Å². The topological polar surface area (TPSA) is 80.9 Å². The first-order chi connectivity index (χ1) is 9.08. The summed E-state index contributed by atoms with van der Waals surface area (Å²) < 4.78 is 0. The molecule has 1 aliphatic heterocycles. The maximum atomic E-state index is 11.2. The van der Waals surface area contributed by atoms with Gasteiger partial charge in [-0.15, -0.1) is 11.8 Å². The second kappa shape index (κ2) is 4.83. The van der Waals surface area contributed by atoms with Gasteiger partial charge in [-0.3, -0.25) is 4.79 Å². The molecule has 0 radical (unpaired) electrons. The van der Waals surface area contributed by atoms with Crippen molar-refractivity contribution in [2.24, 2.45) is 5.73 Å². The Morgan fingerprint density at radius 2 is 2.26 bits per heavy atom. The Labute approximate surface area is 120 Å². The van der Waals surface area contributed by atoms with Gasteiger partial charge in [0.05, 0.1) is 10.6 Å². The van der Waals surface area contributed by atoms with E-state index in [1.54, 1.807) is 11.8 Å². The largest absolute Gasteiger partial charge is 0.370 e. The highest BCUT2D eigenvalue weighted by Gasteiger charge is 2.39. The van der Waals surface area contributed by atoms with Crippen LogP contribution in [0, 0.1) is 0 Å². The molecule has 7 heteroatoms. The van der Waals surface area contributed by atoms with E-state index in [-0.39, 0.29) is 16.7 Å². The van der Waals surface area contributed by atoms with Crippen LogP contribution in [-0.4, -0.2) is 27.2 Å². The van der Waals surface area contributed by atoms with Crippen LogP contribution in [0.5, 0.6) is 0 Å². The molecule has 2 aliphatic rings. The lowest BCUT2D eigenvalue weighted by molar-refractivity contribution is -0.119. The normalized spacial score (nSPS) is 19.6. The molecule has 0 bridgehead atoms. The summed E-state index contributed by atoms with van der Waals surface area (Å²) in [5.74, 6) is 1.48. The maximum absolute atomic E-state index is 11.2. The summed E-state index contributed by atoms with van der Waals surface area (Å²) in [5.41, 5.74) is 6.11. The summed E-state index contributed by atoms with van der Waals surface area (Å²) in [6, 6.07) is 0. The van der Waals surface area contributed by atoms with Crippen molar-refractivity contribution >= 4 is 35.1 Å². The number of nitrogens with one attached hydrogen (secondary N) is 1. The smallest absolute Gasteiger partial charge is 0.224 e. The summed E-state index contributed by atoms with van der Waals surface area (Å²) in [6.45, 7) is 0. The minimum Gasteiger partial charge on any atom is -0.370 e. The molecule has 1 aromatic heterocycles. The number of carbonyl (C=O) groups is 1. The molecule has 1 amide bonds. The minimum atomic E-state index is -0.281. The van der Waals surface area contributed by atoms with Crippen LogP contribution in [0.4, 0.5) is 5.82 Å². The standard InChI is InChI=1S/C12H15ClN4OS/c13-11-15-7-2-5-19-9(7)10(16-11)17-12(3-1-4-12)6-8(14)18/h1-6H2,(H2,14,18)(H,15,16,17). The number of anilines is 1. The Morgan fingerprint density at radius 3 is 2.89 bits per heavy atom. The van der Waals surface area contributed by atoms with Gasteiger partial charge in [-0.2, -0.15) is 4.98 Å². The lowest BCUT2D eigenvalue weighted by Crippen LogP contribution is -2.48. The zero-order valence-corrected chi connectivity index (χ0v) is 12.0. The highest BCUT2D eigenvalue weighted by atomic mass is 35.5. The van der Waals surface area contributed by atoms with E-state index in [1.807, 2.05) is 0 Å². The molecular formula is C12H15ClN4OS. The zero-order valence-electron chi connectivity index (χ0n) is 10.4. The van der Waals surface area contributed by atoms with E-state index in [1.165, 1.54) is 0 Å². The number of hydrogen-bond donors (Lipinski definition) is 2. The second-order valence-corrected chi connectivity index (χ2v) is 6.56. The van der Waals surface area contributed by atoms with Crippen LogP contribution in [0.15, 0.2) is 4.90 Å². The first-order valence-electron chi connectivity index (χ1n) is 6.34. The van der Waals surface area contributed by atoms with Crippen molar-refractivity contribution in [2.45, 2.75) is 42.5 Å². The van der Waals surface area contributed by atoms with Crippen LogP contribution in [0.3, 0.4) is 0 Å². The van der Waals surface area contributed by atoms with Gasteiger partial charge >= 0.3 is 0 Å². The minimum absolute atomic E-state index is 0.236. The van der Waals surface area contributed by atoms with E-state index < -0.39 is 0 Å². The Morgan fingerprint density at radius 1 is 1.47 bits per heavy atom. The van der Waals surface area contributed by atoms with Crippen LogP contribution in [-0.2, 0) is 11.2 Å². The van der Waals surface area contributed by atoms with Crippen LogP contribution in [0.1, 0.15) is 31.4 Å². The molecule has 0 saturated heterocycles. The molecule has 1 saturated carbocycles. The van der Waals surface area contributed by atoms with Crippen molar-refractivity contribution < 1.29 is 4.79 Å². The van der Waals surface area contributed by atoms with Gasteiger partial charge in [-0.1, -0.05) is 0 Å². The average molecular weight is 299 g/mol. The summed E-state index contributed by atoms with van der Waals surface area (Å²) in [4.78, 5) is 20.8. The Bertz CT molecular complexity index is 533. The fourth-order valence-corrected chi connectivity index (χ4v) is 3.89. The summed E-state index contributed by atoms with van der Waals surface area (Å²) >= 11 is 7.70. The van der Waals surface area contributed by atoms with Gasteiger partial charge in [0.1, 0.15) is 5.82 Å². The fourth-order valence-electron chi connectivity index (χ4n) is 2.66. The number of hydrogen-bond acceptors (Lipinski definition) is 5.